The molecule has 1 aromatic heterocycles. The van der Waals surface area contributed by atoms with E-state index < -0.39 is 11.5 Å². The van der Waals surface area contributed by atoms with Crippen molar-refractivity contribution in [2.24, 2.45) is 0 Å². The number of aryl methyl sites for hydroxylation is 1. The number of carbonyl (C=O) groups is 2. The number of hydrogen-bond donors (Lipinski definition) is 2. The van der Waals surface area contributed by atoms with Crippen molar-refractivity contribution < 1.29 is 23.5 Å². The van der Waals surface area contributed by atoms with Gasteiger partial charge >= 0.3 is 5.97 Å². The van der Waals surface area contributed by atoms with Crippen molar-refractivity contribution in [3.63, 3.8) is 0 Å². The molecule has 0 saturated heterocycles. The molecule has 1 aromatic carbocycles. The zero-order valence-corrected chi connectivity index (χ0v) is 12.3. The first-order valence-electron chi connectivity index (χ1n) is 7.38. The second-order valence-corrected chi connectivity index (χ2v) is 5.68. The molecule has 0 spiro atoms. The van der Waals surface area contributed by atoms with Crippen LogP contribution >= 0.6 is 0 Å². The number of rotatable bonds is 6. The Kier molecular flexibility index (Phi) is 3.90. The molecule has 1 saturated carbocycles. The van der Waals surface area contributed by atoms with E-state index in [1.165, 1.54) is 6.07 Å². The second-order valence-electron chi connectivity index (χ2n) is 5.68. The number of carboxylic acid groups (broad SMARTS) is 1. The average Bonchev–Trinajstić information content (AvgIpc) is 3.15. The smallest absolute Gasteiger partial charge is 0.329 e. The molecule has 2 aromatic rings. The van der Waals surface area contributed by atoms with Crippen LogP contribution < -0.4 is 5.32 Å². The Labute approximate surface area is 132 Å². The number of amides is 1. The molecule has 0 bridgehead atoms. The van der Waals surface area contributed by atoms with Crippen molar-refractivity contribution in [3.8, 4) is 11.3 Å². The van der Waals surface area contributed by atoms with Crippen LogP contribution in [-0.2, 0) is 16.0 Å². The largest absolute Gasteiger partial charge is 0.480 e. The minimum Gasteiger partial charge on any atom is -0.480 e. The number of hydrogen-bond acceptors (Lipinski definition) is 3. The van der Waals surface area contributed by atoms with Crippen LogP contribution in [0.3, 0.4) is 0 Å². The van der Waals surface area contributed by atoms with Gasteiger partial charge in [0.2, 0.25) is 5.91 Å². The summed E-state index contributed by atoms with van der Waals surface area (Å²) in [6.45, 7) is 0. The lowest BCUT2D eigenvalue weighted by molar-refractivity contribution is -0.143. The molecule has 1 fully saturated rings. The monoisotopic (exact) mass is 317 g/mol. The van der Waals surface area contributed by atoms with Crippen LogP contribution in [0.1, 0.15) is 25.0 Å². The molecule has 1 heterocycles. The van der Waals surface area contributed by atoms with E-state index in [1.54, 1.807) is 30.3 Å². The number of furan rings is 1. The van der Waals surface area contributed by atoms with E-state index in [4.69, 9.17) is 9.52 Å². The summed E-state index contributed by atoms with van der Waals surface area (Å²) in [5.74, 6) is -0.732. The van der Waals surface area contributed by atoms with Crippen LogP contribution in [0, 0.1) is 5.82 Å². The first-order chi connectivity index (χ1) is 11.0. The topological polar surface area (TPSA) is 79.5 Å². The maximum absolute atomic E-state index is 13.7. The SMILES string of the molecule is O=C(CCc1ccc(-c2ccccc2F)o1)NC1(C(=O)O)CC1. The maximum atomic E-state index is 13.7. The summed E-state index contributed by atoms with van der Waals surface area (Å²) in [5.41, 5.74) is -0.704. The van der Waals surface area contributed by atoms with Crippen molar-refractivity contribution in [3.05, 3.63) is 48.0 Å². The fourth-order valence-corrected chi connectivity index (χ4v) is 2.40. The second kappa shape index (κ2) is 5.87. The summed E-state index contributed by atoms with van der Waals surface area (Å²) in [6, 6.07) is 9.64. The van der Waals surface area contributed by atoms with Gasteiger partial charge in [-0.1, -0.05) is 12.1 Å². The summed E-state index contributed by atoms with van der Waals surface area (Å²) in [5, 5.41) is 11.6. The third-order valence-electron chi connectivity index (χ3n) is 3.94. The zero-order chi connectivity index (χ0) is 16.4. The van der Waals surface area contributed by atoms with Crippen molar-refractivity contribution in [2.45, 2.75) is 31.2 Å². The lowest BCUT2D eigenvalue weighted by Crippen LogP contribution is -2.43. The fourth-order valence-electron chi connectivity index (χ4n) is 2.40. The van der Waals surface area contributed by atoms with E-state index >= 15 is 0 Å². The van der Waals surface area contributed by atoms with Crippen molar-refractivity contribution >= 4 is 11.9 Å². The number of halogens is 1. The molecule has 0 radical (unpaired) electrons. The minimum atomic E-state index is -1.07. The highest BCUT2D eigenvalue weighted by Gasteiger charge is 2.51. The Morgan fingerprint density at radius 2 is 1.96 bits per heavy atom. The Bertz CT molecular complexity index is 749. The summed E-state index contributed by atoms with van der Waals surface area (Å²) in [6.07, 6.45) is 1.38. The third kappa shape index (κ3) is 3.26. The number of nitrogens with one attached hydrogen (secondary N) is 1. The highest BCUT2D eigenvalue weighted by Crippen LogP contribution is 2.35. The van der Waals surface area contributed by atoms with Gasteiger partial charge in [-0.15, -0.1) is 0 Å². The molecule has 6 heteroatoms. The van der Waals surface area contributed by atoms with Crippen molar-refractivity contribution in [2.75, 3.05) is 0 Å². The van der Waals surface area contributed by atoms with E-state index in [1.807, 2.05) is 0 Å². The summed E-state index contributed by atoms with van der Waals surface area (Å²) >= 11 is 0. The predicted molar refractivity (Wildman–Crippen MR) is 80.2 cm³/mol. The van der Waals surface area contributed by atoms with Gasteiger partial charge in [0.25, 0.3) is 0 Å². The standard InChI is InChI=1S/C17H16FNO4/c18-13-4-2-1-3-12(13)14-7-5-11(23-14)6-8-15(20)19-17(9-10-17)16(21)22/h1-5,7H,6,8-10H2,(H,19,20)(H,21,22). The van der Waals surface area contributed by atoms with Gasteiger partial charge in [-0.05, 0) is 37.1 Å². The molecule has 120 valence electrons. The highest BCUT2D eigenvalue weighted by molar-refractivity contribution is 5.89. The normalized spacial score (nSPS) is 15.2. The van der Waals surface area contributed by atoms with Gasteiger partial charge in [0.05, 0.1) is 5.56 Å². The molecule has 1 aliphatic carbocycles. The molecule has 23 heavy (non-hydrogen) atoms. The first-order valence-corrected chi connectivity index (χ1v) is 7.38. The zero-order valence-electron chi connectivity index (χ0n) is 12.3. The Hall–Kier alpha value is -2.63. The maximum Gasteiger partial charge on any atom is 0.329 e. The number of benzene rings is 1. The van der Waals surface area contributed by atoms with E-state index in [0.29, 0.717) is 36.3 Å². The lowest BCUT2D eigenvalue weighted by Gasteiger charge is -2.11. The first kappa shape index (κ1) is 15.3. The molecular formula is C17H16FNO4. The molecule has 2 N–H and O–H groups in total. The lowest BCUT2D eigenvalue weighted by atomic mass is 10.1. The van der Waals surface area contributed by atoms with Gasteiger partial charge in [0.1, 0.15) is 22.9 Å². The minimum absolute atomic E-state index is 0.124. The Morgan fingerprint density at radius 1 is 1.22 bits per heavy atom. The van der Waals surface area contributed by atoms with Crippen LogP contribution in [0.5, 0.6) is 0 Å². The summed E-state index contributed by atoms with van der Waals surface area (Å²) < 4.78 is 19.2. The van der Waals surface area contributed by atoms with Crippen LogP contribution in [-0.4, -0.2) is 22.5 Å². The molecule has 1 amide bonds. The number of carboxylic acids is 1. The van der Waals surface area contributed by atoms with Crippen LogP contribution in [0.4, 0.5) is 4.39 Å². The van der Waals surface area contributed by atoms with Gasteiger partial charge < -0.3 is 14.8 Å². The van der Waals surface area contributed by atoms with E-state index in [0.717, 1.165) is 0 Å². The van der Waals surface area contributed by atoms with Gasteiger partial charge in [-0.2, -0.15) is 0 Å². The quantitative estimate of drug-likeness (QED) is 0.858. The molecule has 0 aliphatic heterocycles. The average molecular weight is 317 g/mol. The molecule has 5 nitrogen and oxygen atoms in total. The van der Waals surface area contributed by atoms with E-state index in [-0.39, 0.29) is 18.1 Å². The fraction of sp³-hybridized carbons (Fsp3) is 0.294. The summed E-state index contributed by atoms with van der Waals surface area (Å²) in [4.78, 5) is 22.8. The van der Waals surface area contributed by atoms with Crippen molar-refractivity contribution in [1.82, 2.24) is 5.32 Å². The molecule has 0 atom stereocenters. The van der Waals surface area contributed by atoms with E-state index in [9.17, 15) is 14.0 Å². The number of carbonyl (C=O) groups excluding carboxylic acids is 1. The predicted octanol–water partition coefficient (Wildman–Crippen LogP) is 2.75. The van der Waals surface area contributed by atoms with E-state index in [2.05, 4.69) is 5.32 Å². The van der Waals surface area contributed by atoms with Crippen LogP contribution in [0.2, 0.25) is 0 Å². The van der Waals surface area contributed by atoms with Crippen LogP contribution in [0.15, 0.2) is 40.8 Å². The van der Waals surface area contributed by atoms with Gasteiger partial charge in [0.15, 0.2) is 0 Å². The van der Waals surface area contributed by atoms with Gasteiger partial charge in [-0.25, -0.2) is 9.18 Å². The molecular weight excluding hydrogens is 301 g/mol. The number of aliphatic carboxylic acids is 1. The van der Waals surface area contributed by atoms with Gasteiger partial charge in [-0.3, -0.25) is 4.79 Å². The highest BCUT2D eigenvalue weighted by atomic mass is 19.1. The third-order valence-corrected chi connectivity index (χ3v) is 3.94. The molecule has 0 unspecified atom stereocenters. The Balaban J connectivity index is 1.59. The summed E-state index contributed by atoms with van der Waals surface area (Å²) in [7, 11) is 0. The van der Waals surface area contributed by atoms with Crippen molar-refractivity contribution in [1.29, 1.82) is 0 Å². The Morgan fingerprint density at radius 3 is 2.61 bits per heavy atom. The van der Waals surface area contributed by atoms with Gasteiger partial charge in [0, 0.05) is 12.8 Å². The molecule has 3 rings (SSSR count). The molecule has 1 aliphatic rings. The van der Waals surface area contributed by atoms with Crippen LogP contribution in [0.25, 0.3) is 11.3 Å².